The van der Waals surface area contributed by atoms with Crippen LogP contribution in [0.15, 0.2) is 75.6 Å². The molecule has 0 radical (unpaired) electrons. The minimum atomic E-state index is -0.648. The van der Waals surface area contributed by atoms with E-state index in [2.05, 4.69) is 11.6 Å². The second-order valence-corrected chi connectivity index (χ2v) is 7.23. The van der Waals surface area contributed by atoms with E-state index in [0.29, 0.717) is 27.3 Å². The molecule has 1 amide bonds. The van der Waals surface area contributed by atoms with Gasteiger partial charge in [-0.2, -0.15) is 4.99 Å². The highest BCUT2D eigenvalue weighted by Crippen LogP contribution is 2.22. The Labute approximate surface area is 162 Å². The van der Waals surface area contributed by atoms with Gasteiger partial charge in [0, 0.05) is 11.6 Å². The number of benzene rings is 2. The molecule has 0 N–H and O–H groups in total. The third-order valence-corrected chi connectivity index (χ3v) is 5.34. The van der Waals surface area contributed by atoms with Crippen molar-refractivity contribution >= 4 is 50.0 Å². The van der Waals surface area contributed by atoms with Gasteiger partial charge in [0.2, 0.25) is 5.43 Å². The van der Waals surface area contributed by atoms with Gasteiger partial charge >= 0.3 is 0 Å². The van der Waals surface area contributed by atoms with Crippen molar-refractivity contribution in [1.29, 1.82) is 0 Å². The fraction of sp³-hybridized carbons (Fsp3) is 0.0500. The van der Waals surface area contributed by atoms with E-state index >= 15 is 0 Å². The van der Waals surface area contributed by atoms with Crippen LogP contribution in [0.5, 0.6) is 0 Å². The third-order valence-electron chi connectivity index (χ3n) is 4.06. The number of hydrogen-bond donors (Lipinski definition) is 0. The summed E-state index contributed by atoms with van der Waals surface area (Å²) < 4.78 is 8.16. The number of carbonyl (C=O) groups excluding carboxylic acids is 1. The lowest BCUT2D eigenvalue weighted by Crippen LogP contribution is -2.19. The van der Waals surface area contributed by atoms with Crippen LogP contribution in [0.2, 0.25) is 5.02 Å². The highest BCUT2D eigenvalue weighted by molar-refractivity contribution is 7.16. The molecule has 0 spiro atoms. The normalized spacial score (nSPS) is 12.0. The van der Waals surface area contributed by atoms with Crippen molar-refractivity contribution < 1.29 is 9.21 Å². The number of thiazole rings is 1. The van der Waals surface area contributed by atoms with Gasteiger partial charge in [-0.1, -0.05) is 41.1 Å². The first kappa shape index (κ1) is 17.5. The van der Waals surface area contributed by atoms with Gasteiger partial charge in [0.1, 0.15) is 17.4 Å². The number of aromatic nitrogens is 1. The Kier molecular flexibility index (Phi) is 4.51. The zero-order chi connectivity index (χ0) is 19.0. The molecule has 4 rings (SSSR count). The number of para-hydroxylation sites is 1. The number of allylic oxidation sites excluding steroid dienone is 1. The lowest BCUT2D eigenvalue weighted by molar-refractivity contribution is 0.0995. The van der Waals surface area contributed by atoms with Gasteiger partial charge in [0.25, 0.3) is 5.91 Å². The Morgan fingerprint density at radius 1 is 1.30 bits per heavy atom. The van der Waals surface area contributed by atoms with Crippen LogP contribution in [0.1, 0.15) is 10.4 Å². The van der Waals surface area contributed by atoms with Gasteiger partial charge in [-0.3, -0.25) is 9.59 Å². The summed E-state index contributed by atoms with van der Waals surface area (Å²) in [4.78, 5) is 29.9. The number of rotatable bonds is 3. The average molecular weight is 397 g/mol. The molecule has 134 valence electrons. The molecule has 0 aliphatic rings. The quantitative estimate of drug-likeness (QED) is 0.482. The molecule has 0 fully saturated rings. The minimum absolute atomic E-state index is 0.102. The largest absolute Gasteiger partial charge is 0.463 e. The molecule has 2 aromatic carbocycles. The smallest absolute Gasteiger partial charge is 0.286 e. The maximum Gasteiger partial charge on any atom is 0.286 e. The van der Waals surface area contributed by atoms with Gasteiger partial charge in [0.05, 0.1) is 15.6 Å². The zero-order valence-corrected chi connectivity index (χ0v) is 15.6. The van der Waals surface area contributed by atoms with Crippen LogP contribution < -0.4 is 10.2 Å². The molecule has 5 nitrogen and oxygen atoms in total. The zero-order valence-electron chi connectivity index (χ0n) is 14.0. The molecule has 0 saturated heterocycles. The number of amides is 1. The van der Waals surface area contributed by atoms with Gasteiger partial charge in [-0.15, -0.1) is 6.58 Å². The van der Waals surface area contributed by atoms with Crippen molar-refractivity contribution in [1.82, 2.24) is 4.57 Å². The summed E-state index contributed by atoms with van der Waals surface area (Å²) in [7, 11) is 0. The summed E-state index contributed by atoms with van der Waals surface area (Å²) in [5.74, 6) is -0.648. The SMILES string of the molecule is C=CCn1c(=NC(=O)c2coc3ccccc3c2=O)sc2cc(Cl)ccc21. The molecular weight excluding hydrogens is 384 g/mol. The maximum absolute atomic E-state index is 12.7. The van der Waals surface area contributed by atoms with Gasteiger partial charge < -0.3 is 8.98 Å². The lowest BCUT2D eigenvalue weighted by Gasteiger charge is -2.01. The molecule has 0 unspecified atom stereocenters. The predicted molar refractivity (Wildman–Crippen MR) is 107 cm³/mol. The number of halogens is 1. The van der Waals surface area contributed by atoms with E-state index in [0.717, 1.165) is 10.2 Å². The Hall–Kier alpha value is -2.96. The molecule has 0 aliphatic carbocycles. The summed E-state index contributed by atoms with van der Waals surface area (Å²) in [5, 5.41) is 0.947. The van der Waals surface area contributed by atoms with Crippen LogP contribution in [0.4, 0.5) is 0 Å². The first-order valence-corrected chi connectivity index (χ1v) is 9.27. The van der Waals surface area contributed by atoms with Gasteiger partial charge in [-0.05, 0) is 30.3 Å². The van der Waals surface area contributed by atoms with Gasteiger partial charge in [-0.25, -0.2) is 0 Å². The van der Waals surface area contributed by atoms with Crippen molar-refractivity contribution in [3.63, 3.8) is 0 Å². The monoisotopic (exact) mass is 396 g/mol. The molecule has 0 bridgehead atoms. The maximum atomic E-state index is 12.7. The van der Waals surface area contributed by atoms with E-state index in [1.165, 1.54) is 17.6 Å². The highest BCUT2D eigenvalue weighted by Gasteiger charge is 2.15. The fourth-order valence-electron chi connectivity index (χ4n) is 2.81. The van der Waals surface area contributed by atoms with E-state index in [9.17, 15) is 9.59 Å². The summed E-state index contributed by atoms with van der Waals surface area (Å²) in [6, 6.07) is 12.2. The first-order chi connectivity index (χ1) is 13.1. The summed E-state index contributed by atoms with van der Waals surface area (Å²) in [6.07, 6.45) is 2.88. The molecule has 7 heteroatoms. The average Bonchev–Trinajstić information content (AvgIpc) is 2.98. The minimum Gasteiger partial charge on any atom is -0.463 e. The third kappa shape index (κ3) is 3.13. The standard InChI is InChI=1S/C20H13ClN2O3S/c1-2-9-23-15-8-7-12(21)10-17(15)27-20(23)22-19(25)14-11-26-16-6-4-3-5-13(16)18(14)24/h2-8,10-11H,1,9H2. The first-order valence-electron chi connectivity index (χ1n) is 8.08. The Morgan fingerprint density at radius 3 is 2.93 bits per heavy atom. The second-order valence-electron chi connectivity index (χ2n) is 5.79. The Bertz CT molecular complexity index is 1330. The van der Waals surface area contributed by atoms with E-state index in [1.54, 1.807) is 36.4 Å². The molecule has 4 aromatic rings. The van der Waals surface area contributed by atoms with E-state index in [1.807, 2.05) is 16.7 Å². The van der Waals surface area contributed by atoms with Crippen molar-refractivity contribution in [2.45, 2.75) is 6.54 Å². The topological polar surface area (TPSA) is 64.6 Å². The second kappa shape index (κ2) is 6.98. The summed E-state index contributed by atoms with van der Waals surface area (Å²) >= 11 is 7.38. The van der Waals surface area contributed by atoms with Crippen LogP contribution in [0.3, 0.4) is 0 Å². The van der Waals surface area contributed by atoms with Crippen LogP contribution in [-0.4, -0.2) is 10.5 Å². The molecule has 0 aliphatic heterocycles. The van der Waals surface area contributed by atoms with Crippen LogP contribution >= 0.6 is 22.9 Å². The van der Waals surface area contributed by atoms with Crippen LogP contribution in [-0.2, 0) is 6.54 Å². The van der Waals surface area contributed by atoms with Crippen molar-refractivity contribution in [3.8, 4) is 0 Å². The number of carbonyl (C=O) groups is 1. The molecule has 27 heavy (non-hydrogen) atoms. The molecule has 0 atom stereocenters. The molecule has 0 saturated carbocycles. The van der Waals surface area contributed by atoms with E-state index < -0.39 is 11.3 Å². The predicted octanol–water partition coefficient (Wildman–Crippen LogP) is 4.39. The summed E-state index contributed by atoms with van der Waals surface area (Å²) in [6.45, 7) is 4.23. The molecule has 2 aromatic heterocycles. The van der Waals surface area contributed by atoms with E-state index in [-0.39, 0.29) is 5.56 Å². The number of nitrogens with zero attached hydrogens (tertiary/aromatic N) is 2. The summed E-state index contributed by atoms with van der Waals surface area (Å²) in [5.41, 5.74) is 0.818. The Balaban J connectivity index is 1.90. The molecular formula is C20H13ClN2O3S. The van der Waals surface area contributed by atoms with Crippen molar-refractivity contribution in [2.75, 3.05) is 0 Å². The molecule has 2 heterocycles. The highest BCUT2D eigenvalue weighted by atomic mass is 35.5. The Morgan fingerprint density at radius 2 is 2.11 bits per heavy atom. The van der Waals surface area contributed by atoms with Crippen LogP contribution in [0.25, 0.3) is 21.2 Å². The van der Waals surface area contributed by atoms with Crippen LogP contribution in [0, 0.1) is 0 Å². The lowest BCUT2D eigenvalue weighted by atomic mass is 10.2. The fourth-order valence-corrected chi connectivity index (χ4v) is 4.12. The number of fused-ring (bicyclic) bond motifs is 2. The van der Waals surface area contributed by atoms with Crippen molar-refractivity contribution in [3.05, 3.63) is 87.0 Å². The van der Waals surface area contributed by atoms with Gasteiger partial charge in [0.15, 0.2) is 4.80 Å². The van der Waals surface area contributed by atoms with E-state index in [4.69, 9.17) is 16.0 Å². The number of hydrogen-bond acceptors (Lipinski definition) is 4. The van der Waals surface area contributed by atoms with Crippen molar-refractivity contribution in [2.24, 2.45) is 4.99 Å².